The molecule has 0 heterocycles. The molecular weight excluding hydrogens is 441 g/mol. The number of halogens is 1. The van der Waals surface area contributed by atoms with Crippen molar-refractivity contribution in [1.82, 2.24) is 10.6 Å². The Morgan fingerprint density at radius 2 is 1.50 bits per heavy atom. The molecule has 176 valence electrons. The number of anilines is 1. The number of nitrogens with one attached hydrogen (secondary N) is 3. The van der Waals surface area contributed by atoms with E-state index in [1.165, 1.54) is 44.6 Å². The van der Waals surface area contributed by atoms with Gasteiger partial charge in [-0.2, -0.15) is 0 Å². The summed E-state index contributed by atoms with van der Waals surface area (Å²) in [4.78, 5) is 36.8. The molecule has 0 spiro atoms. The summed E-state index contributed by atoms with van der Waals surface area (Å²) in [7, 11) is 2.97. The molecule has 0 unspecified atom stereocenters. The number of rotatable bonds is 9. The van der Waals surface area contributed by atoms with Crippen LogP contribution in [0.1, 0.15) is 26.3 Å². The molecule has 34 heavy (non-hydrogen) atoms. The highest BCUT2D eigenvalue weighted by Crippen LogP contribution is 2.27. The second-order valence-electron chi connectivity index (χ2n) is 7.19. The van der Waals surface area contributed by atoms with Crippen LogP contribution >= 0.6 is 0 Å². The Kier molecular flexibility index (Phi) is 8.17. The lowest BCUT2D eigenvalue weighted by Gasteiger charge is -2.11. The zero-order chi connectivity index (χ0) is 24.5. The SMILES string of the molecule is COc1ccc(C(=O)NCC(=O)NCc2cccc(NC(=O)c3ccc(F)cc3)c2)cc1OC. The fraction of sp³-hybridized carbons (Fsp3) is 0.160. The van der Waals surface area contributed by atoms with Gasteiger partial charge in [0.1, 0.15) is 5.82 Å². The Hall–Kier alpha value is -4.40. The highest BCUT2D eigenvalue weighted by molar-refractivity contribution is 6.04. The van der Waals surface area contributed by atoms with Crippen molar-refractivity contribution >= 4 is 23.4 Å². The summed E-state index contributed by atoms with van der Waals surface area (Å²) in [6.45, 7) is -0.0144. The number of hydrogen-bond donors (Lipinski definition) is 3. The quantitative estimate of drug-likeness (QED) is 0.450. The molecular formula is C25H24FN3O5. The van der Waals surface area contributed by atoms with Crippen LogP contribution in [0.2, 0.25) is 0 Å². The number of amides is 3. The molecule has 0 fully saturated rings. The van der Waals surface area contributed by atoms with Crippen LogP contribution in [-0.4, -0.2) is 38.5 Å². The molecule has 0 aliphatic heterocycles. The van der Waals surface area contributed by atoms with Gasteiger partial charge in [-0.25, -0.2) is 4.39 Å². The zero-order valence-electron chi connectivity index (χ0n) is 18.7. The molecule has 3 N–H and O–H groups in total. The van der Waals surface area contributed by atoms with E-state index in [2.05, 4.69) is 16.0 Å². The van der Waals surface area contributed by atoms with Crippen LogP contribution in [0.4, 0.5) is 10.1 Å². The van der Waals surface area contributed by atoms with E-state index >= 15 is 0 Å². The Balaban J connectivity index is 1.49. The lowest BCUT2D eigenvalue weighted by Crippen LogP contribution is -2.36. The van der Waals surface area contributed by atoms with Crippen molar-refractivity contribution in [2.24, 2.45) is 0 Å². The maximum atomic E-state index is 13.0. The van der Waals surface area contributed by atoms with Crippen LogP contribution < -0.4 is 25.4 Å². The first-order valence-electron chi connectivity index (χ1n) is 10.3. The van der Waals surface area contributed by atoms with Gasteiger partial charge in [0.05, 0.1) is 20.8 Å². The normalized spacial score (nSPS) is 10.2. The van der Waals surface area contributed by atoms with Crippen molar-refractivity contribution in [3.8, 4) is 11.5 Å². The van der Waals surface area contributed by atoms with Gasteiger partial charge in [-0.05, 0) is 60.2 Å². The highest BCUT2D eigenvalue weighted by Gasteiger charge is 2.12. The molecule has 8 nitrogen and oxygen atoms in total. The van der Waals surface area contributed by atoms with Crippen LogP contribution in [0.3, 0.4) is 0 Å². The van der Waals surface area contributed by atoms with E-state index in [4.69, 9.17) is 9.47 Å². The van der Waals surface area contributed by atoms with Crippen molar-refractivity contribution in [3.63, 3.8) is 0 Å². The van der Waals surface area contributed by atoms with Gasteiger partial charge in [0.25, 0.3) is 11.8 Å². The number of hydrogen-bond acceptors (Lipinski definition) is 5. The van der Waals surface area contributed by atoms with E-state index in [1.807, 2.05) is 0 Å². The monoisotopic (exact) mass is 465 g/mol. The molecule has 3 aromatic rings. The number of carbonyl (C=O) groups is 3. The molecule has 0 bridgehead atoms. The molecule has 0 radical (unpaired) electrons. The third-order valence-corrected chi connectivity index (χ3v) is 4.84. The molecule has 0 atom stereocenters. The fourth-order valence-corrected chi connectivity index (χ4v) is 3.07. The summed E-state index contributed by atoms with van der Waals surface area (Å²) in [5.74, 6) is -0.705. The van der Waals surface area contributed by atoms with Crippen molar-refractivity contribution < 1.29 is 28.2 Å². The molecule has 3 aromatic carbocycles. The van der Waals surface area contributed by atoms with Gasteiger partial charge < -0.3 is 25.4 Å². The standard InChI is InChI=1S/C25H24FN3O5/c1-33-21-11-8-18(13-22(21)34-2)24(31)28-15-23(30)27-14-16-4-3-5-20(12-16)29-25(32)17-6-9-19(26)10-7-17/h3-13H,14-15H2,1-2H3,(H,27,30)(H,28,31)(H,29,32). The maximum Gasteiger partial charge on any atom is 0.255 e. The summed E-state index contributed by atoms with van der Waals surface area (Å²) in [5.41, 5.74) is 1.93. The molecule has 0 aliphatic rings. The fourth-order valence-electron chi connectivity index (χ4n) is 3.07. The van der Waals surface area contributed by atoms with Gasteiger partial charge in [-0.15, -0.1) is 0 Å². The van der Waals surface area contributed by atoms with E-state index in [0.29, 0.717) is 28.3 Å². The lowest BCUT2D eigenvalue weighted by atomic mass is 10.1. The minimum Gasteiger partial charge on any atom is -0.493 e. The van der Waals surface area contributed by atoms with Gasteiger partial charge in [-0.3, -0.25) is 14.4 Å². The first-order valence-corrected chi connectivity index (χ1v) is 10.3. The molecule has 3 amide bonds. The van der Waals surface area contributed by atoms with Crippen LogP contribution in [0, 0.1) is 5.82 Å². The first-order chi connectivity index (χ1) is 16.4. The van der Waals surface area contributed by atoms with Gasteiger partial charge in [-0.1, -0.05) is 12.1 Å². The first kappa shape index (κ1) is 24.2. The summed E-state index contributed by atoms with van der Waals surface area (Å²) in [5, 5.41) is 8.00. The molecule has 3 rings (SSSR count). The van der Waals surface area contributed by atoms with Crippen LogP contribution in [-0.2, 0) is 11.3 Å². The predicted octanol–water partition coefficient (Wildman–Crippen LogP) is 3.14. The van der Waals surface area contributed by atoms with E-state index in [-0.39, 0.29) is 24.9 Å². The van der Waals surface area contributed by atoms with Crippen molar-refractivity contribution in [3.05, 3.63) is 89.2 Å². The average molecular weight is 465 g/mol. The smallest absolute Gasteiger partial charge is 0.255 e. The summed E-state index contributed by atoms with van der Waals surface area (Å²) >= 11 is 0. The van der Waals surface area contributed by atoms with Crippen LogP contribution in [0.5, 0.6) is 11.5 Å². The number of ether oxygens (including phenoxy) is 2. The minimum absolute atomic E-state index is 0.200. The molecule has 0 saturated heterocycles. The predicted molar refractivity (Wildman–Crippen MR) is 125 cm³/mol. The van der Waals surface area contributed by atoms with Gasteiger partial charge in [0.2, 0.25) is 5.91 Å². The van der Waals surface area contributed by atoms with Crippen LogP contribution in [0.25, 0.3) is 0 Å². The Bertz CT molecular complexity index is 1180. The minimum atomic E-state index is -0.429. The van der Waals surface area contributed by atoms with Crippen molar-refractivity contribution in [2.75, 3.05) is 26.1 Å². The van der Waals surface area contributed by atoms with Crippen molar-refractivity contribution in [2.45, 2.75) is 6.54 Å². The molecule has 0 saturated carbocycles. The molecule has 0 aliphatic carbocycles. The largest absolute Gasteiger partial charge is 0.493 e. The lowest BCUT2D eigenvalue weighted by molar-refractivity contribution is -0.120. The van der Waals surface area contributed by atoms with Gasteiger partial charge in [0, 0.05) is 23.4 Å². The summed E-state index contributed by atoms with van der Waals surface area (Å²) in [6.07, 6.45) is 0. The average Bonchev–Trinajstić information content (AvgIpc) is 2.86. The highest BCUT2D eigenvalue weighted by atomic mass is 19.1. The van der Waals surface area contributed by atoms with E-state index in [0.717, 1.165) is 5.56 Å². The Labute approximate surface area is 196 Å². The maximum absolute atomic E-state index is 13.0. The number of benzene rings is 3. The topological polar surface area (TPSA) is 106 Å². The zero-order valence-corrected chi connectivity index (χ0v) is 18.7. The number of methoxy groups -OCH3 is 2. The number of carbonyl (C=O) groups excluding carboxylic acids is 3. The third kappa shape index (κ3) is 6.55. The second-order valence-corrected chi connectivity index (χ2v) is 7.19. The van der Waals surface area contributed by atoms with Crippen molar-refractivity contribution in [1.29, 1.82) is 0 Å². The third-order valence-electron chi connectivity index (χ3n) is 4.84. The summed E-state index contributed by atoms with van der Waals surface area (Å²) in [6, 6.07) is 16.9. The molecule has 9 heteroatoms. The van der Waals surface area contributed by atoms with E-state index in [1.54, 1.807) is 36.4 Å². The van der Waals surface area contributed by atoms with Crippen LogP contribution in [0.15, 0.2) is 66.7 Å². The van der Waals surface area contributed by atoms with E-state index < -0.39 is 11.7 Å². The Morgan fingerprint density at radius 3 is 2.21 bits per heavy atom. The van der Waals surface area contributed by atoms with E-state index in [9.17, 15) is 18.8 Å². The van der Waals surface area contributed by atoms with Gasteiger partial charge in [0.15, 0.2) is 11.5 Å². The second kappa shape index (κ2) is 11.5. The molecule has 0 aromatic heterocycles. The summed E-state index contributed by atoms with van der Waals surface area (Å²) < 4.78 is 23.3. The Morgan fingerprint density at radius 1 is 0.794 bits per heavy atom. The van der Waals surface area contributed by atoms with Gasteiger partial charge >= 0.3 is 0 Å².